The van der Waals surface area contributed by atoms with E-state index in [9.17, 15) is 17.8 Å². The maximum atomic E-state index is 11.7. The van der Waals surface area contributed by atoms with Gasteiger partial charge in [0, 0.05) is 13.1 Å². The molecule has 0 aliphatic carbocycles. The minimum Gasteiger partial charge on any atom is -0.748 e. The van der Waals surface area contributed by atoms with Gasteiger partial charge in [-0.1, -0.05) is 53.4 Å². The van der Waals surface area contributed by atoms with Gasteiger partial charge in [-0.25, -0.2) is 13.2 Å². The quantitative estimate of drug-likeness (QED) is 0.228. The summed E-state index contributed by atoms with van der Waals surface area (Å²) in [4.78, 5) is 13.0. The first-order valence-corrected chi connectivity index (χ1v) is 15.1. The number of rotatable bonds is 13. The van der Waals surface area contributed by atoms with Crippen LogP contribution in [0, 0.1) is 0 Å². The van der Waals surface area contributed by atoms with Gasteiger partial charge in [-0.2, -0.15) is 0 Å². The van der Waals surface area contributed by atoms with Crippen molar-refractivity contribution in [1.29, 1.82) is 0 Å². The Morgan fingerprint density at radius 2 is 1.32 bits per heavy atom. The predicted octanol–water partition coefficient (Wildman–Crippen LogP) is 5.93. The van der Waals surface area contributed by atoms with Gasteiger partial charge < -0.3 is 18.7 Å². The number of amides is 1. The van der Waals surface area contributed by atoms with Gasteiger partial charge in [0.25, 0.3) is 0 Å². The number of unbranched alkanes of at least 4 members (excludes halogenated alkanes) is 4. The fourth-order valence-corrected chi connectivity index (χ4v) is 5.13. The largest absolute Gasteiger partial charge is 0.748 e. The highest BCUT2D eigenvalue weighted by Gasteiger charge is 2.30. The van der Waals surface area contributed by atoms with Crippen molar-refractivity contribution in [3.8, 4) is 0 Å². The zero-order valence-electron chi connectivity index (χ0n) is 23.2. The molecule has 1 aliphatic heterocycles. The molecule has 0 saturated carbocycles. The minimum atomic E-state index is -4.34. The van der Waals surface area contributed by atoms with Crippen molar-refractivity contribution in [3.05, 3.63) is 0 Å². The molecule has 34 heavy (non-hydrogen) atoms. The summed E-state index contributed by atoms with van der Waals surface area (Å²) in [5, 5.41) is -1.01. The average Bonchev–Trinajstić information content (AvgIpc) is 2.77. The highest BCUT2D eigenvalue weighted by Crippen LogP contribution is 2.19. The number of hydrogen-bond donors (Lipinski definition) is 0. The van der Waals surface area contributed by atoms with E-state index in [4.69, 9.17) is 4.74 Å². The van der Waals surface area contributed by atoms with Crippen LogP contribution in [0.4, 0.5) is 4.79 Å². The lowest BCUT2D eigenvalue weighted by atomic mass is 10.1. The van der Waals surface area contributed by atoms with Crippen LogP contribution in [0.1, 0.15) is 113 Å². The van der Waals surface area contributed by atoms with E-state index in [1.54, 1.807) is 20.8 Å². The number of likely N-dealkylation sites (tertiary alicyclic amines) is 1. The summed E-state index contributed by atoms with van der Waals surface area (Å²) in [6, 6.07) is 0. The molecule has 0 bridgehead atoms. The maximum Gasteiger partial charge on any atom is 0.410 e. The topological polar surface area (TPSA) is 86.7 Å². The second-order valence-electron chi connectivity index (χ2n) is 10.8. The van der Waals surface area contributed by atoms with Gasteiger partial charge in [0.1, 0.15) is 5.60 Å². The molecule has 0 spiro atoms. The monoisotopic (exact) mass is 506 g/mol. The number of carbonyl (C=O) groups is 1. The lowest BCUT2D eigenvalue weighted by Gasteiger charge is -2.39. The number of nitrogens with zero attached hydrogens (tertiary/aromatic N) is 2. The molecule has 0 aromatic carbocycles. The van der Waals surface area contributed by atoms with Gasteiger partial charge in [0.05, 0.1) is 41.5 Å². The SMILES string of the molecule is CC(C)(C)OC(=O)N1CCCC(S(=O)(=O)[O-])C1.CCCC[N+](CCCC)(CCCC)CCCC. The third kappa shape index (κ3) is 14.5. The number of hydrogen-bond acceptors (Lipinski definition) is 5. The van der Waals surface area contributed by atoms with Gasteiger partial charge >= 0.3 is 6.09 Å². The molecule has 0 N–H and O–H groups in total. The molecule has 1 aliphatic rings. The second kappa shape index (κ2) is 16.7. The molecule has 1 heterocycles. The van der Waals surface area contributed by atoms with E-state index in [1.165, 1.54) is 86.9 Å². The molecule has 0 radical (unpaired) electrons. The summed E-state index contributed by atoms with van der Waals surface area (Å²) in [5.41, 5.74) is -0.625. The molecule has 8 heteroatoms. The summed E-state index contributed by atoms with van der Waals surface area (Å²) in [6.45, 7) is 20.6. The van der Waals surface area contributed by atoms with Crippen LogP contribution in [0.15, 0.2) is 0 Å². The molecule has 1 unspecified atom stereocenters. The van der Waals surface area contributed by atoms with Crippen molar-refractivity contribution >= 4 is 16.2 Å². The first-order chi connectivity index (χ1) is 15.8. The summed E-state index contributed by atoms with van der Waals surface area (Å²) >= 11 is 0. The van der Waals surface area contributed by atoms with Crippen molar-refractivity contribution in [2.75, 3.05) is 39.3 Å². The lowest BCUT2D eigenvalue weighted by Crippen LogP contribution is -2.50. The van der Waals surface area contributed by atoms with E-state index in [-0.39, 0.29) is 6.54 Å². The Hall–Kier alpha value is -0.860. The van der Waals surface area contributed by atoms with E-state index in [2.05, 4.69) is 27.7 Å². The fourth-order valence-electron chi connectivity index (χ4n) is 4.31. The summed E-state index contributed by atoms with van der Waals surface area (Å²) in [6.07, 6.45) is 11.3. The molecule has 1 saturated heterocycles. The van der Waals surface area contributed by atoms with Crippen LogP contribution >= 0.6 is 0 Å². The van der Waals surface area contributed by atoms with Crippen LogP contribution in [-0.4, -0.2) is 78.6 Å². The van der Waals surface area contributed by atoms with Gasteiger partial charge in [0.15, 0.2) is 0 Å². The second-order valence-corrected chi connectivity index (χ2v) is 12.5. The third-order valence-electron chi connectivity index (χ3n) is 6.38. The minimum absolute atomic E-state index is 0.0687. The maximum absolute atomic E-state index is 11.7. The molecule has 204 valence electrons. The van der Waals surface area contributed by atoms with Gasteiger partial charge in [-0.15, -0.1) is 0 Å². The molecular formula is C26H54N2O5S. The van der Waals surface area contributed by atoms with Crippen LogP contribution in [0.25, 0.3) is 0 Å². The van der Waals surface area contributed by atoms with E-state index >= 15 is 0 Å². The first-order valence-electron chi connectivity index (χ1n) is 13.6. The fraction of sp³-hybridized carbons (Fsp3) is 0.962. The van der Waals surface area contributed by atoms with Gasteiger partial charge in [-0.05, 0) is 59.3 Å². The van der Waals surface area contributed by atoms with E-state index in [1.807, 2.05) is 0 Å². The smallest absolute Gasteiger partial charge is 0.410 e. The standard InChI is InChI=1S/C16H36N.C10H19NO5S/c1-5-9-13-17(14-10-6-2,15-11-7-3)16-12-8-4;1-10(2,3)16-9(12)11-6-4-5-8(7-11)17(13,14)15/h5-16H2,1-4H3;8H,4-7H2,1-3H3,(H,13,14,15)/q+1;/p-1. The highest BCUT2D eigenvalue weighted by molar-refractivity contribution is 7.86. The van der Waals surface area contributed by atoms with Crippen molar-refractivity contribution in [2.24, 2.45) is 0 Å². The molecule has 1 fully saturated rings. The van der Waals surface area contributed by atoms with Crippen LogP contribution in [0.2, 0.25) is 0 Å². The zero-order valence-corrected chi connectivity index (χ0v) is 24.1. The van der Waals surface area contributed by atoms with E-state index in [0.29, 0.717) is 19.4 Å². The van der Waals surface area contributed by atoms with Crippen molar-refractivity contribution in [3.63, 3.8) is 0 Å². The molecule has 0 aromatic heterocycles. The normalized spacial score (nSPS) is 17.2. The number of ether oxygens (including phenoxy) is 1. The van der Waals surface area contributed by atoms with Gasteiger partial charge in [0.2, 0.25) is 0 Å². The number of quaternary nitrogens is 1. The Labute approximate surface area is 210 Å². The Morgan fingerprint density at radius 1 is 0.912 bits per heavy atom. The Kier molecular flexibility index (Phi) is 16.3. The predicted molar refractivity (Wildman–Crippen MR) is 140 cm³/mol. The van der Waals surface area contributed by atoms with Gasteiger partial charge in [-0.3, -0.25) is 0 Å². The van der Waals surface area contributed by atoms with E-state index in [0.717, 1.165) is 0 Å². The zero-order chi connectivity index (χ0) is 26.3. The third-order valence-corrected chi connectivity index (χ3v) is 7.58. The summed E-state index contributed by atoms with van der Waals surface area (Å²) in [5.74, 6) is 0. The molecule has 1 amide bonds. The highest BCUT2D eigenvalue weighted by atomic mass is 32.2. The Bertz CT molecular complexity index is 609. The van der Waals surface area contributed by atoms with Crippen molar-refractivity contribution in [1.82, 2.24) is 4.90 Å². The Balaban J connectivity index is 0.000000641. The average molecular weight is 507 g/mol. The molecular weight excluding hydrogens is 452 g/mol. The van der Waals surface area contributed by atoms with Crippen molar-refractivity contribution < 1.29 is 27.0 Å². The number of piperidine rings is 1. The van der Waals surface area contributed by atoms with Crippen LogP contribution in [-0.2, 0) is 14.9 Å². The Morgan fingerprint density at radius 3 is 1.65 bits per heavy atom. The summed E-state index contributed by atoms with van der Waals surface area (Å²) < 4.78 is 39.3. The molecule has 7 nitrogen and oxygen atoms in total. The summed E-state index contributed by atoms with van der Waals surface area (Å²) in [7, 11) is -4.34. The van der Waals surface area contributed by atoms with Crippen LogP contribution in [0.3, 0.4) is 0 Å². The lowest BCUT2D eigenvalue weighted by molar-refractivity contribution is -0.929. The first kappa shape index (κ1) is 33.1. The molecule has 1 rings (SSSR count). The van der Waals surface area contributed by atoms with Crippen LogP contribution in [0.5, 0.6) is 0 Å². The number of carbonyl (C=O) groups excluding carboxylic acids is 1. The van der Waals surface area contributed by atoms with Crippen LogP contribution < -0.4 is 0 Å². The molecule has 1 atom stereocenters. The van der Waals surface area contributed by atoms with E-state index < -0.39 is 27.1 Å². The van der Waals surface area contributed by atoms with Crippen molar-refractivity contribution in [2.45, 2.75) is 124 Å². The molecule has 0 aromatic rings.